The predicted molar refractivity (Wildman–Crippen MR) is 89.9 cm³/mol. The molecule has 0 aliphatic carbocycles. The molecule has 0 bridgehead atoms. The highest BCUT2D eigenvalue weighted by Crippen LogP contribution is 2.30. The van der Waals surface area contributed by atoms with Gasteiger partial charge in [0, 0.05) is 23.4 Å². The van der Waals surface area contributed by atoms with Crippen molar-refractivity contribution in [3.63, 3.8) is 0 Å². The maximum Gasteiger partial charge on any atom is 0.263 e. The summed E-state index contributed by atoms with van der Waals surface area (Å²) in [6.45, 7) is 3.79. The Balaban J connectivity index is 2.01. The molecule has 0 spiro atoms. The first-order valence-corrected chi connectivity index (χ1v) is 7.87. The molecule has 2 rings (SSSR count). The van der Waals surface area contributed by atoms with Gasteiger partial charge in [-0.25, -0.2) is 0 Å². The van der Waals surface area contributed by atoms with Crippen LogP contribution in [-0.2, 0) is 11.3 Å². The Labute approximate surface area is 143 Å². The quantitative estimate of drug-likeness (QED) is 0.850. The molecule has 0 radical (unpaired) electrons. The third-order valence-electron chi connectivity index (χ3n) is 2.98. The second-order valence-corrected chi connectivity index (χ2v) is 6.55. The van der Waals surface area contributed by atoms with Crippen molar-refractivity contribution in [2.75, 3.05) is 0 Å². The van der Waals surface area contributed by atoms with Gasteiger partial charge < -0.3 is 10.1 Å². The highest BCUT2D eigenvalue weighted by atomic mass is 79.9. The molecule has 4 nitrogen and oxygen atoms in total. The Morgan fingerprint density at radius 2 is 2.18 bits per heavy atom. The number of halogens is 2. The number of rotatable bonds is 5. The first-order chi connectivity index (χ1) is 10.4. The average Bonchev–Trinajstić information content (AvgIpc) is 2.48. The van der Waals surface area contributed by atoms with Crippen LogP contribution in [0.1, 0.15) is 19.4 Å². The summed E-state index contributed by atoms with van der Waals surface area (Å²) in [5, 5.41) is 3.28. The minimum atomic E-state index is -1.04. The Morgan fingerprint density at radius 1 is 1.41 bits per heavy atom. The summed E-state index contributed by atoms with van der Waals surface area (Å²) >= 11 is 9.45. The average molecular weight is 384 g/mol. The molecule has 1 heterocycles. The van der Waals surface area contributed by atoms with Gasteiger partial charge in [0.2, 0.25) is 0 Å². The number of hydrogen-bond acceptors (Lipinski definition) is 3. The van der Waals surface area contributed by atoms with E-state index in [1.165, 1.54) is 0 Å². The van der Waals surface area contributed by atoms with Crippen molar-refractivity contribution >= 4 is 33.4 Å². The fraction of sp³-hybridized carbons (Fsp3) is 0.250. The maximum absolute atomic E-state index is 12.3. The molecule has 0 aliphatic heterocycles. The topological polar surface area (TPSA) is 51.2 Å². The van der Waals surface area contributed by atoms with E-state index in [-0.39, 0.29) is 5.91 Å². The van der Waals surface area contributed by atoms with Gasteiger partial charge in [0.1, 0.15) is 5.75 Å². The van der Waals surface area contributed by atoms with E-state index in [2.05, 4.69) is 26.2 Å². The van der Waals surface area contributed by atoms with E-state index < -0.39 is 5.60 Å². The number of pyridine rings is 1. The van der Waals surface area contributed by atoms with Crippen molar-refractivity contribution in [3.8, 4) is 5.75 Å². The van der Waals surface area contributed by atoms with E-state index in [1.54, 1.807) is 38.4 Å². The second-order valence-electron chi connectivity index (χ2n) is 5.23. The van der Waals surface area contributed by atoms with Crippen LogP contribution in [0.15, 0.2) is 47.2 Å². The van der Waals surface area contributed by atoms with Crippen molar-refractivity contribution in [2.24, 2.45) is 0 Å². The van der Waals surface area contributed by atoms with Crippen LogP contribution >= 0.6 is 27.5 Å². The molecule has 0 saturated heterocycles. The largest absolute Gasteiger partial charge is 0.476 e. The molecular weight excluding hydrogens is 368 g/mol. The van der Waals surface area contributed by atoms with Crippen molar-refractivity contribution < 1.29 is 9.53 Å². The fourth-order valence-corrected chi connectivity index (χ4v) is 2.49. The van der Waals surface area contributed by atoms with Crippen LogP contribution < -0.4 is 10.1 Å². The van der Waals surface area contributed by atoms with Gasteiger partial charge in [-0.15, -0.1) is 0 Å². The van der Waals surface area contributed by atoms with Crippen LogP contribution in [0.4, 0.5) is 0 Å². The van der Waals surface area contributed by atoms with Gasteiger partial charge in [-0.2, -0.15) is 0 Å². The number of aromatic nitrogens is 1. The summed E-state index contributed by atoms with van der Waals surface area (Å²) in [7, 11) is 0. The first kappa shape index (κ1) is 16.8. The minimum absolute atomic E-state index is 0.227. The Morgan fingerprint density at radius 3 is 2.82 bits per heavy atom. The third-order valence-corrected chi connectivity index (χ3v) is 3.77. The summed E-state index contributed by atoms with van der Waals surface area (Å²) < 4.78 is 6.61. The van der Waals surface area contributed by atoms with E-state index in [0.717, 1.165) is 10.0 Å². The lowest BCUT2D eigenvalue weighted by Crippen LogP contribution is -2.46. The molecule has 0 fully saturated rings. The molecule has 1 N–H and O–H groups in total. The maximum atomic E-state index is 12.3. The Hall–Kier alpha value is -1.59. The third kappa shape index (κ3) is 4.45. The summed E-state index contributed by atoms with van der Waals surface area (Å²) in [4.78, 5) is 16.3. The molecule has 2 aromatic rings. The smallest absolute Gasteiger partial charge is 0.263 e. The summed E-state index contributed by atoms with van der Waals surface area (Å²) in [6.07, 6.45) is 3.40. The van der Waals surface area contributed by atoms with E-state index in [0.29, 0.717) is 17.3 Å². The number of ether oxygens (including phenoxy) is 1. The molecule has 0 atom stereocenters. The molecule has 1 aromatic carbocycles. The van der Waals surface area contributed by atoms with Crippen LogP contribution in [0.3, 0.4) is 0 Å². The van der Waals surface area contributed by atoms with Crippen LogP contribution in [-0.4, -0.2) is 16.5 Å². The van der Waals surface area contributed by atoms with Crippen LogP contribution in [0.5, 0.6) is 5.75 Å². The summed E-state index contributed by atoms with van der Waals surface area (Å²) in [6, 6.07) is 8.98. The SMILES string of the molecule is CC(C)(Oc1ccc(Br)cc1Cl)C(=O)NCc1cccnc1. The molecule has 22 heavy (non-hydrogen) atoms. The zero-order valence-electron chi connectivity index (χ0n) is 12.3. The van der Waals surface area contributed by atoms with Gasteiger partial charge in [0.05, 0.1) is 5.02 Å². The zero-order chi connectivity index (χ0) is 16.2. The standard InChI is InChI=1S/C16H16BrClN2O2/c1-16(2,22-14-6-5-12(17)8-13(14)18)15(21)20-10-11-4-3-7-19-9-11/h3-9H,10H2,1-2H3,(H,20,21). The van der Waals surface area contributed by atoms with Gasteiger partial charge in [-0.3, -0.25) is 9.78 Å². The number of benzene rings is 1. The lowest BCUT2D eigenvalue weighted by Gasteiger charge is -2.26. The lowest BCUT2D eigenvalue weighted by atomic mass is 10.1. The minimum Gasteiger partial charge on any atom is -0.476 e. The number of carbonyl (C=O) groups excluding carboxylic acids is 1. The zero-order valence-corrected chi connectivity index (χ0v) is 14.6. The number of nitrogens with one attached hydrogen (secondary N) is 1. The van der Waals surface area contributed by atoms with Crippen molar-refractivity contribution in [3.05, 3.63) is 57.8 Å². The summed E-state index contributed by atoms with van der Waals surface area (Å²) in [5.41, 5.74) is -0.118. The second kappa shape index (κ2) is 7.11. The van der Waals surface area contributed by atoms with Crippen LogP contribution in [0.25, 0.3) is 0 Å². The Kier molecular flexibility index (Phi) is 5.42. The Bertz CT molecular complexity index is 662. The normalized spacial score (nSPS) is 11.1. The molecular formula is C16H16BrClN2O2. The molecule has 0 aliphatic rings. The lowest BCUT2D eigenvalue weighted by molar-refractivity contribution is -0.134. The van der Waals surface area contributed by atoms with Gasteiger partial charge >= 0.3 is 0 Å². The summed E-state index contributed by atoms with van der Waals surface area (Å²) in [5.74, 6) is 0.238. The molecule has 0 saturated carbocycles. The first-order valence-electron chi connectivity index (χ1n) is 6.70. The van der Waals surface area contributed by atoms with Crippen LogP contribution in [0.2, 0.25) is 5.02 Å². The molecule has 0 unspecified atom stereocenters. The highest BCUT2D eigenvalue weighted by Gasteiger charge is 2.30. The number of hydrogen-bond donors (Lipinski definition) is 1. The van der Waals surface area contributed by atoms with E-state index in [9.17, 15) is 4.79 Å². The fourth-order valence-electron chi connectivity index (χ4n) is 1.78. The highest BCUT2D eigenvalue weighted by molar-refractivity contribution is 9.10. The van der Waals surface area contributed by atoms with Gasteiger partial charge in [0.25, 0.3) is 5.91 Å². The predicted octanol–water partition coefficient (Wildman–Crippen LogP) is 3.97. The van der Waals surface area contributed by atoms with E-state index in [1.807, 2.05) is 18.2 Å². The number of amides is 1. The van der Waals surface area contributed by atoms with Crippen LogP contribution in [0, 0.1) is 0 Å². The van der Waals surface area contributed by atoms with E-state index >= 15 is 0 Å². The number of nitrogens with zero attached hydrogens (tertiary/aromatic N) is 1. The van der Waals surface area contributed by atoms with Crippen molar-refractivity contribution in [1.29, 1.82) is 0 Å². The van der Waals surface area contributed by atoms with Crippen molar-refractivity contribution in [1.82, 2.24) is 10.3 Å². The van der Waals surface area contributed by atoms with Crippen molar-refractivity contribution in [2.45, 2.75) is 26.0 Å². The number of carbonyl (C=O) groups is 1. The molecule has 1 amide bonds. The van der Waals surface area contributed by atoms with E-state index in [4.69, 9.17) is 16.3 Å². The molecule has 116 valence electrons. The van der Waals surface area contributed by atoms with Gasteiger partial charge in [-0.1, -0.05) is 33.6 Å². The molecule has 6 heteroatoms. The van der Waals surface area contributed by atoms with Gasteiger partial charge in [0.15, 0.2) is 5.60 Å². The monoisotopic (exact) mass is 382 g/mol. The van der Waals surface area contributed by atoms with Gasteiger partial charge in [-0.05, 0) is 43.7 Å². The molecule has 1 aromatic heterocycles.